The lowest BCUT2D eigenvalue weighted by molar-refractivity contribution is -0.137. The van der Waals surface area contributed by atoms with Gasteiger partial charge in [0.25, 0.3) is 0 Å². The summed E-state index contributed by atoms with van der Waals surface area (Å²) in [6.45, 7) is 3.62. The lowest BCUT2D eigenvalue weighted by Gasteiger charge is -2.11. The van der Waals surface area contributed by atoms with Crippen LogP contribution in [-0.2, 0) is 6.18 Å². The zero-order chi connectivity index (χ0) is 10.9. The fourth-order valence-corrected chi connectivity index (χ4v) is 1.27. The van der Waals surface area contributed by atoms with Gasteiger partial charge in [-0.05, 0) is 23.6 Å². The van der Waals surface area contributed by atoms with Crippen molar-refractivity contribution in [2.45, 2.75) is 25.9 Å². The minimum atomic E-state index is -4.38. The summed E-state index contributed by atoms with van der Waals surface area (Å²) in [5.74, 6) is 0.0169. The van der Waals surface area contributed by atoms with Gasteiger partial charge in [-0.2, -0.15) is 13.2 Å². The second kappa shape index (κ2) is 3.81. The van der Waals surface area contributed by atoms with Crippen LogP contribution in [-0.4, -0.2) is 0 Å². The summed E-state index contributed by atoms with van der Waals surface area (Å²) < 4.78 is 37.0. The smallest absolute Gasteiger partial charge is 0.166 e. The van der Waals surface area contributed by atoms with E-state index < -0.39 is 11.7 Å². The molecule has 1 rings (SSSR count). The van der Waals surface area contributed by atoms with Gasteiger partial charge < -0.3 is 0 Å². The maximum atomic E-state index is 12.3. The minimum absolute atomic E-state index is 0.00326. The molecule has 0 bridgehead atoms. The third-order valence-electron chi connectivity index (χ3n) is 1.83. The van der Waals surface area contributed by atoms with Gasteiger partial charge in [-0.1, -0.05) is 25.4 Å². The molecule has 1 radical (unpaired) electrons. The van der Waals surface area contributed by atoms with E-state index in [-0.39, 0.29) is 10.9 Å². The Kier molecular flexibility index (Phi) is 3.10. The predicted octanol–water partition coefficient (Wildman–Crippen LogP) is 4.28. The van der Waals surface area contributed by atoms with E-state index in [4.69, 9.17) is 11.6 Å². The van der Waals surface area contributed by atoms with E-state index in [0.717, 1.165) is 6.07 Å². The summed E-state index contributed by atoms with van der Waals surface area (Å²) >= 11 is 5.54. The molecular formula is C10H9ClF3. The summed E-state index contributed by atoms with van der Waals surface area (Å²) in [5.41, 5.74) is -0.241. The highest BCUT2D eigenvalue weighted by Gasteiger charge is 2.31. The van der Waals surface area contributed by atoms with E-state index in [1.165, 1.54) is 6.07 Å². The average molecular weight is 222 g/mol. The lowest BCUT2D eigenvalue weighted by atomic mass is 10.0. The fourth-order valence-electron chi connectivity index (χ4n) is 1.04. The highest BCUT2D eigenvalue weighted by atomic mass is 35.5. The Balaban J connectivity index is 3.21. The first-order chi connectivity index (χ1) is 6.30. The third-order valence-corrected chi connectivity index (χ3v) is 2.03. The summed E-state index contributed by atoms with van der Waals surface area (Å²) in [5, 5.41) is 0.00326. The molecule has 1 aromatic carbocycles. The van der Waals surface area contributed by atoms with Gasteiger partial charge in [-0.25, -0.2) is 0 Å². The second-order valence-corrected chi connectivity index (χ2v) is 3.73. The monoisotopic (exact) mass is 221 g/mol. The maximum Gasteiger partial charge on any atom is 0.417 e. The number of halogens is 4. The highest BCUT2D eigenvalue weighted by Crippen LogP contribution is 2.32. The van der Waals surface area contributed by atoms with Crippen LogP contribution in [0, 0.1) is 6.07 Å². The van der Waals surface area contributed by atoms with Crippen molar-refractivity contribution in [3.63, 3.8) is 0 Å². The van der Waals surface area contributed by atoms with Crippen LogP contribution >= 0.6 is 11.6 Å². The van der Waals surface area contributed by atoms with Crippen LogP contribution in [0.2, 0.25) is 5.02 Å². The van der Waals surface area contributed by atoms with Gasteiger partial charge in [0.05, 0.1) is 5.56 Å². The fraction of sp³-hybridized carbons (Fsp3) is 0.400. The molecule has 0 heterocycles. The number of rotatable bonds is 1. The molecular weight excluding hydrogens is 213 g/mol. The number of benzene rings is 1. The van der Waals surface area contributed by atoms with Crippen molar-refractivity contribution in [2.24, 2.45) is 0 Å². The van der Waals surface area contributed by atoms with Crippen LogP contribution in [0.3, 0.4) is 0 Å². The molecule has 0 aliphatic carbocycles. The molecule has 14 heavy (non-hydrogen) atoms. The Morgan fingerprint density at radius 3 is 2.29 bits per heavy atom. The molecule has 4 heteroatoms. The molecule has 0 spiro atoms. The largest absolute Gasteiger partial charge is 0.417 e. The molecule has 1 aromatic rings. The third kappa shape index (κ3) is 2.64. The summed E-state index contributed by atoms with van der Waals surface area (Å²) in [7, 11) is 0. The number of hydrogen-bond acceptors (Lipinski definition) is 0. The predicted molar refractivity (Wildman–Crippen MR) is 49.4 cm³/mol. The Labute approximate surface area is 85.7 Å². The molecule has 0 saturated carbocycles. The Morgan fingerprint density at radius 1 is 1.29 bits per heavy atom. The first kappa shape index (κ1) is 11.4. The number of hydrogen-bond donors (Lipinski definition) is 0. The van der Waals surface area contributed by atoms with E-state index >= 15 is 0 Å². The standard InChI is InChI=1S/C10H9ClF3/c1-6(2)7-3-8(10(12,13)14)5-9(11)4-7/h3-4,6H,1-2H3. The first-order valence-electron chi connectivity index (χ1n) is 4.10. The molecule has 0 aromatic heterocycles. The van der Waals surface area contributed by atoms with Gasteiger partial charge in [0.15, 0.2) is 0 Å². The molecule has 0 saturated heterocycles. The Hall–Kier alpha value is -0.700. The molecule has 0 unspecified atom stereocenters. The van der Waals surface area contributed by atoms with E-state index in [1.807, 2.05) is 13.8 Å². The van der Waals surface area contributed by atoms with Gasteiger partial charge in [-0.15, -0.1) is 0 Å². The lowest BCUT2D eigenvalue weighted by Crippen LogP contribution is -2.06. The molecule has 0 amide bonds. The van der Waals surface area contributed by atoms with Crippen LogP contribution in [0.4, 0.5) is 13.2 Å². The van der Waals surface area contributed by atoms with Gasteiger partial charge in [0.1, 0.15) is 0 Å². The van der Waals surface area contributed by atoms with Crippen molar-refractivity contribution in [1.82, 2.24) is 0 Å². The summed E-state index contributed by atoms with van der Waals surface area (Å²) in [6, 6.07) is 4.66. The van der Waals surface area contributed by atoms with E-state index in [2.05, 4.69) is 6.07 Å². The van der Waals surface area contributed by atoms with Gasteiger partial charge >= 0.3 is 6.18 Å². The van der Waals surface area contributed by atoms with E-state index in [0.29, 0.717) is 5.56 Å². The van der Waals surface area contributed by atoms with Crippen LogP contribution < -0.4 is 0 Å². The normalized spacial score (nSPS) is 12.2. The quantitative estimate of drug-likeness (QED) is 0.664. The van der Waals surface area contributed by atoms with Crippen LogP contribution in [0.15, 0.2) is 12.1 Å². The van der Waals surface area contributed by atoms with Crippen LogP contribution in [0.5, 0.6) is 0 Å². The van der Waals surface area contributed by atoms with Gasteiger partial charge in [-0.3, -0.25) is 0 Å². The van der Waals surface area contributed by atoms with Crippen molar-refractivity contribution >= 4 is 11.6 Å². The van der Waals surface area contributed by atoms with Gasteiger partial charge in [0.2, 0.25) is 0 Å². The van der Waals surface area contributed by atoms with Crippen molar-refractivity contribution in [3.05, 3.63) is 34.3 Å². The van der Waals surface area contributed by atoms with Gasteiger partial charge in [0, 0.05) is 11.1 Å². The van der Waals surface area contributed by atoms with E-state index in [9.17, 15) is 13.2 Å². The van der Waals surface area contributed by atoms with Crippen molar-refractivity contribution < 1.29 is 13.2 Å². The zero-order valence-electron chi connectivity index (χ0n) is 7.74. The molecule has 0 atom stereocenters. The van der Waals surface area contributed by atoms with Crippen molar-refractivity contribution in [1.29, 1.82) is 0 Å². The molecule has 0 fully saturated rings. The van der Waals surface area contributed by atoms with E-state index in [1.54, 1.807) is 0 Å². The summed E-state index contributed by atoms with van der Waals surface area (Å²) in [4.78, 5) is 0. The first-order valence-corrected chi connectivity index (χ1v) is 4.48. The topological polar surface area (TPSA) is 0 Å². The van der Waals surface area contributed by atoms with Crippen molar-refractivity contribution in [3.8, 4) is 0 Å². The Morgan fingerprint density at radius 2 is 1.86 bits per heavy atom. The summed E-state index contributed by atoms with van der Waals surface area (Å²) in [6.07, 6.45) is -4.38. The maximum absolute atomic E-state index is 12.3. The van der Waals surface area contributed by atoms with Crippen molar-refractivity contribution in [2.75, 3.05) is 0 Å². The molecule has 0 aliphatic rings. The molecule has 0 N–H and O–H groups in total. The molecule has 0 nitrogen and oxygen atoms in total. The average Bonchev–Trinajstić information content (AvgIpc) is 2.01. The Bertz CT molecular complexity index is 329. The highest BCUT2D eigenvalue weighted by molar-refractivity contribution is 6.30. The zero-order valence-corrected chi connectivity index (χ0v) is 8.50. The molecule has 77 valence electrons. The van der Waals surface area contributed by atoms with Crippen LogP contribution in [0.1, 0.15) is 30.9 Å². The number of alkyl halides is 3. The minimum Gasteiger partial charge on any atom is -0.166 e. The molecule has 0 aliphatic heterocycles. The second-order valence-electron chi connectivity index (χ2n) is 3.33. The van der Waals surface area contributed by atoms with Crippen LogP contribution in [0.25, 0.3) is 0 Å². The SMILES string of the molecule is CC(C)c1cc(Cl)[c]c(C(F)(F)F)c1.